The van der Waals surface area contributed by atoms with Gasteiger partial charge in [0.25, 0.3) is 0 Å². The van der Waals surface area contributed by atoms with E-state index in [1.54, 1.807) is 13.0 Å². The smallest absolute Gasteiger partial charge is 0.163 e. The minimum Gasteiger partial charge on any atom is -0.485 e. The van der Waals surface area contributed by atoms with Gasteiger partial charge in [-0.25, -0.2) is 0 Å². The van der Waals surface area contributed by atoms with Gasteiger partial charge in [-0.15, -0.1) is 0 Å². The Morgan fingerprint density at radius 3 is 2.67 bits per heavy atom. The minimum absolute atomic E-state index is 0.00650. The summed E-state index contributed by atoms with van der Waals surface area (Å²) in [4.78, 5) is 11.7. The van der Waals surface area contributed by atoms with Crippen molar-refractivity contribution in [3.63, 3.8) is 0 Å². The molecule has 2 rings (SSSR count). The molecule has 2 aromatic carbocycles. The molecule has 0 aliphatic rings. The third-order valence-electron chi connectivity index (χ3n) is 2.89. The maximum Gasteiger partial charge on any atom is 0.163 e. The van der Waals surface area contributed by atoms with Crippen LogP contribution in [0.25, 0.3) is 10.8 Å². The first-order valence-corrected chi connectivity index (χ1v) is 5.95. The summed E-state index contributed by atoms with van der Waals surface area (Å²) in [6.45, 7) is 7.15. The fourth-order valence-electron chi connectivity index (χ4n) is 1.88. The summed E-state index contributed by atoms with van der Waals surface area (Å²) < 4.78 is 5.83. The highest BCUT2D eigenvalue weighted by atomic mass is 16.5. The Hall–Kier alpha value is -2.09. The molecule has 1 atom stereocenters. The molecule has 0 amide bonds. The molecule has 1 unspecified atom stereocenters. The quantitative estimate of drug-likeness (QED) is 0.596. The van der Waals surface area contributed by atoms with Gasteiger partial charge < -0.3 is 4.74 Å². The van der Waals surface area contributed by atoms with Crippen LogP contribution in [0.15, 0.2) is 49.1 Å². The van der Waals surface area contributed by atoms with Crippen molar-refractivity contribution in [3.05, 3.63) is 54.6 Å². The zero-order valence-electron chi connectivity index (χ0n) is 10.6. The van der Waals surface area contributed by atoms with Crippen LogP contribution in [0.4, 0.5) is 0 Å². The zero-order chi connectivity index (χ0) is 13.1. The number of hydrogen-bond acceptors (Lipinski definition) is 2. The number of hydrogen-bond donors (Lipinski definition) is 0. The summed E-state index contributed by atoms with van der Waals surface area (Å²) >= 11 is 0. The van der Waals surface area contributed by atoms with E-state index in [9.17, 15) is 4.79 Å². The van der Waals surface area contributed by atoms with Crippen molar-refractivity contribution >= 4 is 16.6 Å². The molecule has 0 radical (unpaired) electrons. The second kappa shape index (κ2) is 5.05. The van der Waals surface area contributed by atoms with Crippen LogP contribution < -0.4 is 4.74 Å². The first-order chi connectivity index (χ1) is 8.63. The van der Waals surface area contributed by atoms with Crippen molar-refractivity contribution in [1.82, 2.24) is 0 Å². The van der Waals surface area contributed by atoms with E-state index in [0.29, 0.717) is 11.3 Å². The average Bonchev–Trinajstić information content (AvgIpc) is 2.38. The van der Waals surface area contributed by atoms with Crippen LogP contribution >= 0.6 is 0 Å². The van der Waals surface area contributed by atoms with Gasteiger partial charge in [0.1, 0.15) is 11.9 Å². The molecule has 0 aromatic heterocycles. The van der Waals surface area contributed by atoms with Crippen LogP contribution in [0.2, 0.25) is 0 Å². The summed E-state index contributed by atoms with van der Waals surface area (Å²) in [6, 6.07) is 11.6. The molecule has 0 spiro atoms. The van der Waals surface area contributed by atoms with Crippen LogP contribution in [0.3, 0.4) is 0 Å². The highest BCUT2D eigenvalue weighted by Crippen LogP contribution is 2.31. The van der Waals surface area contributed by atoms with E-state index < -0.39 is 0 Å². The van der Waals surface area contributed by atoms with E-state index in [2.05, 4.69) is 6.58 Å². The predicted molar refractivity (Wildman–Crippen MR) is 74.2 cm³/mol. The molecule has 0 saturated carbocycles. The number of benzene rings is 2. The monoisotopic (exact) mass is 240 g/mol. The Bertz CT molecular complexity index is 599. The molecular weight excluding hydrogens is 224 g/mol. The number of Topliss-reactive ketones (excluding diaryl/α,β-unsaturated/α-hetero) is 1. The molecule has 0 aliphatic heterocycles. The molecule has 0 bridgehead atoms. The minimum atomic E-state index is -0.131. The van der Waals surface area contributed by atoms with Gasteiger partial charge in [-0.05, 0) is 25.3 Å². The molecule has 0 aliphatic carbocycles. The van der Waals surface area contributed by atoms with Crippen LogP contribution in [-0.4, -0.2) is 11.9 Å². The summed E-state index contributed by atoms with van der Waals surface area (Å²) in [5.41, 5.74) is 0.613. The van der Waals surface area contributed by atoms with Gasteiger partial charge >= 0.3 is 0 Å². The maximum absolute atomic E-state index is 11.7. The molecule has 2 aromatic rings. The van der Waals surface area contributed by atoms with Gasteiger partial charge in [0.15, 0.2) is 5.78 Å². The first-order valence-electron chi connectivity index (χ1n) is 5.95. The topological polar surface area (TPSA) is 26.3 Å². The van der Waals surface area contributed by atoms with Crippen LogP contribution in [0.1, 0.15) is 24.2 Å². The molecule has 2 heteroatoms. The molecular formula is C16H16O2. The Morgan fingerprint density at radius 2 is 2.00 bits per heavy atom. The molecule has 18 heavy (non-hydrogen) atoms. The molecule has 0 N–H and O–H groups in total. The predicted octanol–water partition coefficient (Wildman–Crippen LogP) is 4.00. The lowest BCUT2D eigenvalue weighted by Gasteiger charge is -2.16. The summed E-state index contributed by atoms with van der Waals surface area (Å²) in [6.07, 6.45) is 1.58. The normalized spacial score (nSPS) is 12.1. The molecule has 92 valence electrons. The van der Waals surface area contributed by atoms with Crippen molar-refractivity contribution < 1.29 is 9.53 Å². The lowest BCUT2D eigenvalue weighted by Crippen LogP contribution is -2.10. The number of carbonyl (C=O) groups is 1. The van der Waals surface area contributed by atoms with Crippen molar-refractivity contribution in [2.24, 2.45) is 0 Å². The second-order valence-electron chi connectivity index (χ2n) is 4.28. The molecule has 0 heterocycles. The standard InChI is InChI=1S/C16H16O2/c1-4-11(2)18-16-14(12(3)17)10-9-13-7-5-6-8-15(13)16/h4-11H,1H2,2-3H3. The summed E-state index contributed by atoms with van der Waals surface area (Å²) in [5.74, 6) is 0.653. The first kappa shape index (κ1) is 12.4. The summed E-state index contributed by atoms with van der Waals surface area (Å²) in [7, 11) is 0. The average molecular weight is 240 g/mol. The molecule has 0 saturated heterocycles. The van der Waals surface area contributed by atoms with Gasteiger partial charge in [0.2, 0.25) is 0 Å². The van der Waals surface area contributed by atoms with Gasteiger partial charge in [-0.1, -0.05) is 43.0 Å². The van der Waals surface area contributed by atoms with Crippen molar-refractivity contribution in [1.29, 1.82) is 0 Å². The number of ketones is 1. The fraction of sp³-hybridized carbons (Fsp3) is 0.188. The lowest BCUT2D eigenvalue weighted by molar-refractivity contribution is 0.101. The van der Waals surface area contributed by atoms with E-state index >= 15 is 0 Å². The van der Waals surface area contributed by atoms with Crippen LogP contribution in [0, 0.1) is 0 Å². The number of carbonyl (C=O) groups excluding carboxylic acids is 1. The van der Waals surface area contributed by atoms with Crippen LogP contribution in [0.5, 0.6) is 5.75 Å². The Labute approximate surface area is 107 Å². The van der Waals surface area contributed by atoms with E-state index in [-0.39, 0.29) is 11.9 Å². The number of rotatable bonds is 4. The number of fused-ring (bicyclic) bond motifs is 1. The highest BCUT2D eigenvalue weighted by molar-refractivity contribution is 6.03. The lowest BCUT2D eigenvalue weighted by atomic mass is 10.0. The van der Waals surface area contributed by atoms with Gasteiger partial charge in [-0.3, -0.25) is 4.79 Å². The van der Waals surface area contributed by atoms with Gasteiger partial charge in [-0.2, -0.15) is 0 Å². The van der Waals surface area contributed by atoms with Crippen molar-refractivity contribution in [3.8, 4) is 5.75 Å². The Morgan fingerprint density at radius 1 is 1.28 bits per heavy atom. The van der Waals surface area contributed by atoms with E-state index in [0.717, 1.165) is 10.8 Å². The third-order valence-corrected chi connectivity index (χ3v) is 2.89. The van der Waals surface area contributed by atoms with Crippen molar-refractivity contribution in [2.45, 2.75) is 20.0 Å². The van der Waals surface area contributed by atoms with Crippen LogP contribution in [-0.2, 0) is 0 Å². The van der Waals surface area contributed by atoms with E-state index in [1.165, 1.54) is 0 Å². The largest absolute Gasteiger partial charge is 0.485 e. The summed E-state index contributed by atoms with van der Waals surface area (Å²) in [5, 5.41) is 2.02. The number of ether oxygens (including phenoxy) is 1. The Balaban J connectivity index is 2.66. The highest BCUT2D eigenvalue weighted by Gasteiger charge is 2.13. The van der Waals surface area contributed by atoms with Gasteiger partial charge in [0.05, 0.1) is 5.56 Å². The van der Waals surface area contributed by atoms with E-state index in [1.807, 2.05) is 43.3 Å². The SMILES string of the molecule is C=CC(C)Oc1c(C(C)=O)ccc2ccccc12. The molecule has 2 nitrogen and oxygen atoms in total. The van der Waals surface area contributed by atoms with Gasteiger partial charge in [0, 0.05) is 5.39 Å². The molecule has 0 fully saturated rings. The fourth-order valence-corrected chi connectivity index (χ4v) is 1.88. The van der Waals surface area contributed by atoms with Crippen molar-refractivity contribution in [2.75, 3.05) is 0 Å². The maximum atomic E-state index is 11.7. The van der Waals surface area contributed by atoms with E-state index in [4.69, 9.17) is 4.74 Å². The third kappa shape index (κ3) is 2.28. The second-order valence-corrected chi connectivity index (χ2v) is 4.28. The Kier molecular flexibility index (Phi) is 3.47. The zero-order valence-corrected chi connectivity index (χ0v) is 10.6.